The molecule has 0 heterocycles. The predicted molar refractivity (Wildman–Crippen MR) is 131 cm³/mol. The second-order valence-corrected chi connectivity index (χ2v) is 8.61. The lowest BCUT2D eigenvalue weighted by molar-refractivity contribution is 0.0696. The summed E-state index contributed by atoms with van der Waals surface area (Å²) in [6, 6.07) is 26.6. The first-order valence-electron chi connectivity index (χ1n) is 9.89. The van der Waals surface area contributed by atoms with Gasteiger partial charge in [-0.05, 0) is 59.7 Å². The lowest BCUT2D eigenvalue weighted by Crippen LogP contribution is -2.11. The van der Waals surface area contributed by atoms with Gasteiger partial charge in [0.25, 0.3) is 0 Å². The third kappa shape index (κ3) is 7.44. The number of sulfonamides is 1. The zero-order valence-electron chi connectivity index (χ0n) is 18.3. The molecule has 0 fully saturated rings. The van der Waals surface area contributed by atoms with Gasteiger partial charge in [0.2, 0.25) is 10.0 Å². The van der Waals surface area contributed by atoms with Crippen LogP contribution in [0.3, 0.4) is 0 Å². The van der Waals surface area contributed by atoms with Crippen molar-refractivity contribution in [2.45, 2.75) is 11.8 Å². The number of anilines is 1. The van der Waals surface area contributed by atoms with Gasteiger partial charge in [-0.3, -0.25) is 0 Å². The first-order chi connectivity index (χ1) is 16.0. The van der Waals surface area contributed by atoms with Crippen molar-refractivity contribution in [3.8, 4) is 0 Å². The third-order valence-corrected chi connectivity index (χ3v) is 5.59. The van der Waals surface area contributed by atoms with Crippen LogP contribution in [-0.2, 0) is 10.0 Å². The zero-order chi connectivity index (χ0) is 25.3. The molecule has 0 aromatic heterocycles. The summed E-state index contributed by atoms with van der Waals surface area (Å²) >= 11 is 0. The van der Waals surface area contributed by atoms with Gasteiger partial charge in [0, 0.05) is 5.69 Å². The van der Waals surface area contributed by atoms with Crippen LogP contribution in [0.15, 0.2) is 95.9 Å². The average molecular weight is 481 g/mol. The fourth-order valence-corrected chi connectivity index (χ4v) is 3.40. The lowest BCUT2D eigenvalue weighted by Gasteiger charge is -2.03. The van der Waals surface area contributed by atoms with Gasteiger partial charge in [0.15, 0.2) is 0 Å². The molecule has 0 saturated heterocycles. The quantitative estimate of drug-likeness (QED) is 0.320. The highest BCUT2D eigenvalue weighted by Crippen LogP contribution is 2.14. The van der Waals surface area contributed by atoms with E-state index in [1.165, 1.54) is 60.2 Å². The summed E-state index contributed by atoms with van der Waals surface area (Å²) in [6.45, 7) is 1.48. The Kier molecular flexibility index (Phi) is 8.88. The van der Waals surface area contributed by atoms with Gasteiger partial charge < -0.3 is 15.9 Å². The zero-order valence-corrected chi connectivity index (χ0v) is 19.1. The molecular formula is C25H24N2O6S. The Morgan fingerprint density at radius 1 is 0.676 bits per heavy atom. The molecule has 0 unspecified atom stereocenters. The molecular weight excluding hydrogens is 456 g/mol. The van der Waals surface area contributed by atoms with Crippen LogP contribution in [0.5, 0.6) is 0 Å². The van der Waals surface area contributed by atoms with Crippen molar-refractivity contribution in [1.82, 2.24) is 0 Å². The number of nitrogen functional groups attached to an aromatic ring is 1. The Hall–Kier alpha value is -4.21. The maximum absolute atomic E-state index is 10.7. The van der Waals surface area contributed by atoms with Crippen LogP contribution in [0.2, 0.25) is 0 Å². The van der Waals surface area contributed by atoms with Crippen molar-refractivity contribution in [1.29, 1.82) is 0 Å². The average Bonchev–Trinajstić information content (AvgIpc) is 2.79. The second kappa shape index (κ2) is 11.6. The van der Waals surface area contributed by atoms with Crippen molar-refractivity contribution in [2.24, 2.45) is 5.14 Å². The highest BCUT2D eigenvalue weighted by atomic mass is 32.2. The van der Waals surface area contributed by atoms with Crippen molar-refractivity contribution in [3.63, 3.8) is 0 Å². The van der Waals surface area contributed by atoms with Crippen molar-refractivity contribution in [3.05, 3.63) is 108 Å². The molecule has 8 nitrogen and oxygen atoms in total. The molecule has 4 aromatic rings. The standard InChI is InChI=1S/C10H8.C9H8O4.C6H8N2O2S/c1-2-6-10-8-4-3-7-9(10)5-1;1-5-6(8(10)11)3-2-4-7(5)9(12)13;7-5-1-3-6(4-2-5)11(8,9)10/h1-8H;2-4H,1H3,(H,10,11)(H,12,13);1-4H,7H2,(H2,8,9,10). The number of benzene rings is 4. The SMILES string of the molecule is Cc1c(C(=O)O)cccc1C(=O)O.Nc1ccc(S(N)(=O)=O)cc1.c1ccc2ccccc2c1. The molecule has 0 amide bonds. The molecule has 176 valence electrons. The summed E-state index contributed by atoms with van der Waals surface area (Å²) < 4.78 is 21.4. The Labute approximate surface area is 197 Å². The van der Waals surface area contributed by atoms with E-state index in [0.29, 0.717) is 5.69 Å². The second-order valence-electron chi connectivity index (χ2n) is 7.05. The molecule has 0 spiro atoms. The molecule has 6 N–H and O–H groups in total. The van der Waals surface area contributed by atoms with Crippen LogP contribution in [-0.4, -0.2) is 30.6 Å². The number of aromatic carboxylic acids is 2. The maximum atomic E-state index is 10.7. The molecule has 0 radical (unpaired) electrons. The molecule has 34 heavy (non-hydrogen) atoms. The molecule has 0 aliphatic rings. The summed E-state index contributed by atoms with van der Waals surface area (Å²) in [5.74, 6) is -2.22. The van der Waals surface area contributed by atoms with Crippen LogP contribution in [0.4, 0.5) is 5.69 Å². The van der Waals surface area contributed by atoms with Crippen molar-refractivity contribution >= 4 is 38.4 Å². The minimum Gasteiger partial charge on any atom is -0.478 e. The molecule has 0 bridgehead atoms. The summed E-state index contributed by atoms with van der Waals surface area (Å²) in [7, 11) is -3.58. The van der Waals surface area contributed by atoms with Gasteiger partial charge in [-0.2, -0.15) is 0 Å². The van der Waals surface area contributed by atoms with Gasteiger partial charge in [-0.1, -0.05) is 54.6 Å². The lowest BCUT2D eigenvalue weighted by atomic mass is 10.0. The van der Waals surface area contributed by atoms with Gasteiger partial charge in [-0.15, -0.1) is 0 Å². The summed E-state index contributed by atoms with van der Waals surface area (Å²) in [5.41, 5.74) is 6.18. The molecule has 0 aliphatic heterocycles. The van der Waals surface area contributed by atoms with E-state index in [0.717, 1.165) is 0 Å². The molecule has 0 saturated carbocycles. The van der Waals surface area contributed by atoms with Crippen LogP contribution in [0.1, 0.15) is 26.3 Å². The van der Waals surface area contributed by atoms with Crippen LogP contribution in [0.25, 0.3) is 10.8 Å². The number of carbonyl (C=O) groups is 2. The van der Waals surface area contributed by atoms with Crippen LogP contribution < -0.4 is 10.9 Å². The molecule has 4 rings (SSSR count). The van der Waals surface area contributed by atoms with Crippen molar-refractivity contribution in [2.75, 3.05) is 5.73 Å². The van der Waals surface area contributed by atoms with Gasteiger partial charge in [0.05, 0.1) is 16.0 Å². The Morgan fingerprint density at radius 2 is 1.06 bits per heavy atom. The predicted octanol–water partition coefficient (Wildman–Crippen LogP) is 4.15. The summed E-state index contributed by atoms with van der Waals surface area (Å²) in [6.07, 6.45) is 0. The number of nitrogens with two attached hydrogens (primary N) is 2. The first kappa shape index (κ1) is 26.0. The Balaban J connectivity index is 0.000000181. The maximum Gasteiger partial charge on any atom is 0.335 e. The molecule has 0 atom stereocenters. The van der Waals surface area contributed by atoms with E-state index in [1.54, 1.807) is 0 Å². The smallest absolute Gasteiger partial charge is 0.335 e. The summed E-state index contributed by atoms with van der Waals surface area (Å²) in [4.78, 5) is 21.3. The Bertz CT molecular complexity index is 1300. The molecule has 9 heteroatoms. The monoisotopic (exact) mass is 480 g/mol. The van der Waals surface area contributed by atoms with Gasteiger partial charge in [-0.25, -0.2) is 23.1 Å². The van der Waals surface area contributed by atoms with Gasteiger partial charge >= 0.3 is 11.9 Å². The normalized spacial score (nSPS) is 10.3. The van der Waals surface area contributed by atoms with Crippen LogP contribution >= 0.6 is 0 Å². The van der Waals surface area contributed by atoms with E-state index in [9.17, 15) is 18.0 Å². The van der Waals surface area contributed by atoms with Gasteiger partial charge in [0.1, 0.15) is 0 Å². The van der Waals surface area contributed by atoms with Crippen molar-refractivity contribution < 1.29 is 28.2 Å². The number of carboxylic acid groups (broad SMARTS) is 2. The van der Waals surface area contributed by atoms with Crippen LogP contribution in [0, 0.1) is 6.92 Å². The van der Waals surface area contributed by atoms with E-state index in [4.69, 9.17) is 21.1 Å². The minimum atomic E-state index is -3.58. The van der Waals surface area contributed by atoms with E-state index in [2.05, 4.69) is 48.5 Å². The Morgan fingerprint density at radius 3 is 1.38 bits per heavy atom. The summed E-state index contributed by atoms with van der Waals surface area (Å²) in [5, 5.41) is 24.8. The fraction of sp³-hybridized carbons (Fsp3) is 0.0400. The highest BCUT2D eigenvalue weighted by Gasteiger charge is 2.13. The first-order valence-corrected chi connectivity index (χ1v) is 11.4. The number of hydrogen-bond donors (Lipinski definition) is 4. The fourth-order valence-electron chi connectivity index (χ4n) is 2.89. The minimum absolute atomic E-state index is 0.0277. The number of hydrogen-bond acceptors (Lipinski definition) is 5. The highest BCUT2D eigenvalue weighted by molar-refractivity contribution is 7.89. The van der Waals surface area contributed by atoms with E-state index in [-0.39, 0.29) is 21.6 Å². The van der Waals surface area contributed by atoms with E-state index in [1.807, 2.05) is 0 Å². The largest absolute Gasteiger partial charge is 0.478 e. The number of primary sulfonamides is 1. The number of carboxylic acids is 2. The third-order valence-electron chi connectivity index (χ3n) is 4.66. The van der Waals surface area contributed by atoms with E-state index >= 15 is 0 Å². The molecule has 4 aromatic carbocycles. The van der Waals surface area contributed by atoms with E-state index < -0.39 is 22.0 Å². The number of rotatable bonds is 3. The molecule has 0 aliphatic carbocycles. The number of fused-ring (bicyclic) bond motifs is 1. The topological polar surface area (TPSA) is 161 Å².